The van der Waals surface area contributed by atoms with Crippen molar-refractivity contribution in [3.8, 4) is 0 Å². The van der Waals surface area contributed by atoms with Crippen molar-refractivity contribution in [2.45, 2.75) is 47.0 Å². The second kappa shape index (κ2) is 8.85. The third kappa shape index (κ3) is 4.90. The number of alkyl halides is 3. The molecule has 1 amide bonds. The lowest BCUT2D eigenvalue weighted by molar-refractivity contribution is -0.137. The van der Waals surface area contributed by atoms with Crippen LogP contribution in [-0.2, 0) is 19.3 Å². The molecule has 10 heteroatoms. The van der Waals surface area contributed by atoms with Crippen LogP contribution in [0.25, 0.3) is 0 Å². The highest BCUT2D eigenvalue weighted by Gasteiger charge is 2.30. The number of anilines is 1. The predicted molar refractivity (Wildman–Crippen MR) is 120 cm³/mol. The molecule has 0 spiro atoms. The molecule has 0 aliphatic rings. The van der Waals surface area contributed by atoms with Crippen molar-refractivity contribution >= 4 is 11.6 Å². The van der Waals surface area contributed by atoms with Gasteiger partial charge in [0.15, 0.2) is 5.76 Å². The number of benzene rings is 1. The molecule has 178 valence electrons. The number of rotatable bonds is 6. The molecule has 3 heterocycles. The van der Waals surface area contributed by atoms with Crippen LogP contribution in [0.15, 0.2) is 46.9 Å². The first-order valence-corrected chi connectivity index (χ1v) is 10.6. The van der Waals surface area contributed by atoms with Gasteiger partial charge in [-0.05, 0) is 63.6 Å². The minimum Gasteiger partial charge on any atom is -0.454 e. The van der Waals surface area contributed by atoms with Gasteiger partial charge < -0.3 is 9.73 Å². The average molecular weight is 471 g/mol. The largest absolute Gasteiger partial charge is 0.454 e. The molecule has 7 nitrogen and oxygen atoms in total. The van der Waals surface area contributed by atoms with Crippen LogP contribution in [0.2, 0.25) is 0 Å². The highest BCUT2D eigenvalue weighted by molar-refractivity contribution is 6.02. The second-order valence-electron chi connectivity index (χ2n) is 8.21. The molecule has 4 aromatic rings. The van der Waals surface area contributed by atoms with Crippen LogP contribution in [-0.4, -0.2) is 25.5 Å². The first-order chi connectivity index (χ1) is 16.0. The molecule has 1 aromatic carbocycles. The SMILES string of the molecule is Cc1cc(C)n(Cc2ccc(C(=O)Nc3c(C)nn(Cc4cccc(C(F)(F)F)c4)c3C)o2)n1. The fraction of sp³-hybridized carbons (Fsp3) is 0.292. The molecule has 0 saturated heterocycles. The summed E-state index contributed by atoms with van der Waals surface area (Å²) in [6.07, 6.45) is -4.42. The summed E-state index contributed by atoms with van der Waals surface area (Å²) in [5.74, 6) is 0.287. The zero-order valence-corrected chi connectivity index (χ0v) is 19.2. The number of amides is 1. The van der Waals surface area contributed by atoms with Crippen LogP contribution >= 0.6 is 0 Å². The van der Waals surface area contributed by atoms with Crippen LogP contribution in [0, 0.1) is 27.7 Å². The maximum Gasteiger partial charge on any atom is 0.416 e. The van der Waals surface area contributed by atoms with Gasteiger partial charge in [0.1, 0.15) is 5.76 Å². The van der Waals surface area contributed by atoms with E-state index in [2.05, 4.69) is 15.5 Å². The number of nitrogens with zero attached hydrogens (tertiary/aromatic N) is 4. The fourth-order valence-corrected chi connectivity index (χ4v) is 3.79. The summed E-state index contributed by atoms with van der Waals surface area (Å²) >= 11 is 0. The van der Waals surface area contributed by atoms with E-state index in [9.17, 15) is 18.0 Å². The number of hydrogen-bond donors (Lipinski definition) is 1. The van der Waals surface area contributed by atoms with Crippen molar-refractivity contribution in [1.82, 2.24) is 19.6 Å². The van der Waals surface area contributed by atoms with Crippen LogP contribution in [0.3, 0.4) is 0 Å². The molecule has 3 aromatic heterocycles. The summed E-state index contributed by atoms with van der Waals surface area (Å²) in [5, 5.41) is 11.6. The monoisotopic (exact) mass is 471 g/mol. The van der Waals surface area contributed by atoms with Crippen LogP contribution < -0.4 is 5.32 Å². The number of carbonyl (C=O) groups excluding carboxylic acids is 1. The minimum atomic E-state index is -4.42. The molecular weight excluding hydrogens is 447 g/mol. The van der Waals surface area contributed by atoms with Gasteiger partial charge in [-0.1, -0.05) is 12.1 Å². The summed E-state index contributed by atoms with van der Waals surface area (Å²) in [6.45, 7) is 7.86. The van der Waals surface area contributed by atoms with E-state index in [0.717, 1.165) is 23.5 Å². The molecule has 0 fully saturated rings. The average Bonchev–Trinajstić information content (AvgIpc) is 3.42. The van der Waals surface area contributed by atoms with Gasteiger partial charge in [-0.25, -0.2) is 0 Å². The van der Waals surface area contributed by atoms with E-state index >= 15 is 0 Å². The molecule has 0 atom stereocenters. The van der Waals surface area contributed by atoms with Gasteiger partial charge in [-0.15, -0.1) is 0 Å². The summed E-state index contributed by atoms with van der Waals surface area (Å²) < 4.78 is 48.1. The van der Waals surface area contributed by atoms with Crippen LogP contribution in [0.5, 0.6) is 0 Å². The maximum absolute atomic E-state index is 13.0. The number of nitrogens with one attached hydrogen (secondary N) is 1. The topological polar surface area (TPSA) is 77.9 Å². The third-order valence-corrected chi connectivity index (χ3v) is 5.50. The Hall–Kier alpha value is -3.82. The first-order valence-electron chi connectivity index (χ1n) is 10.6. The van der Waals surface area contributed by atoms with Crippen molar-refractivity contribution in [2.75, 3.05) is 5.32 Å². The lowest BCUT2D eigenvalue weighted by Crippen LogP contribution is -2.13. The molecule has 34 heavy (non-hydrogen) atoms. The molecule has 4 rings (SSSR count). The van der Waals surface area contributed by atoms with E-state index in [1.807, 2.05) is 19.9 Å². The van der Waals surface area contributed by atoms with E-state index in [1.165, 1.54) is 6.07 Å². The van der Waals surface area contributed by atoms with E-state index in [1.54, 1.807) is 41.4 Å². The van der Waals surface area contributed by atoms with Gasteiger partial charge in [0.25, 0.3) is 5.91 Å². The molecule has 0 aliphatic heterocycles. The van der Waals surface area contributed by atoms with E-state index < -0.39 is 17.6 Å². The Kier molecular flexibility index (Phi) is 6.07. The van der Waals surface area contributed by atoms with Crippen molar-refractivity contribution in [2.24, 2.45) is 0 Å². The minimum absolute atomic E-state index is 0.139. The number of carbonyl (C=O) groups is 1. The molecular formula is C24H24F3N5O2. The van der Waals surface area contributed by atoms with Crippen molar-refractivity contribution in [3.63, 3.8) is 0 Å². The number of hydrogen-bond acceptors (Lipinski definition) is 4. The van der Waals surface area contributed by atoms with Gasteiger partial charge in [-0.3, -0.25) is 14.2 Å². The zero-order chi connectivity index (χ0) is 24.6. The fourth-order valence-electron chi connectivity index (χ4n) is 3.79. The number of halogens is 3. The lowest BCUT2D eigenvalue weighted by atomic mass is 10.1. The first kappa shape index (κ1) is 23.3. The number of aromatic nitrogens is 4. The van der Waals surface area contributed by atoms with Crippen LogP contribution in [0.4, 0.5) is 18.9 Å². The van der Waals surface area contributed by atoms with E-state index in [-0.39, 0.29) is 12.3 Å². The Balaban J connectivity index is 1.48. The lowest BCUT2D eigenvalue weighted by Gasteiger charge is -2.10. The Morgan fingerprint density at radius 3 is 2.44 bits per heavy atom. The molecule has 0 unspecified atom stereocenters. The summed E-state index contributed by atoms with van der Waals surface area (Å²) in [4.78, 5) is 12.8. The highest BCUT2D eigenvalue weighted by Crippen LogP contribution is 2.30. The van der Waals surface area contributed by atoms with Gasteiger partial charge in [0.05, 0.1) is 41.4 Å². The Morgan fingerprint density at radius 2 is 1.76 bits per heavy atom. The second-order valence-corrected chi connectivity index (χ2v) is 8.21. The normalized spacial score (nSPS) is 11.7. The standard InChI is InChI=1S/C24H24F3N5O2/c1-14-10-15(2)31(29-14)13-20-8-9-21(34-20)23(33)28-22-16(3)30-32(17(22)4)12-18-6-5-7-19(11-18)24(25,26)27/h5-11H,12-13H2,1-4H3,(H,28,33). The molecule has 1 N–H and O–H groups in total. The summed E-state index contributed by atoms with van der Waals surface area (Å²) in [7, 11) is 0. The molecule has 0 bridgehead atoms. The number of furan rings is 1. The van der Waals surface area contributed by atoms with Crippen molar-refractivity contribution in [1.29, 1.82) is 0 Å². The quantitative estimate of drug-likeness (QED) is 0.415. The van der Waals surface area contributed by atoms with Gasteiger partial charge in [0, 0.05) is 5.69 Å². The number of aryl methyl sites for hydroxylation is 3. The summed E-state index contributed by atoms with van der Waals surface area (Å²) in [5.41, 5.74) is 3.29. The molecule has 0 saturated carbocycles. The molecule has 0 aliphatic carbocycles. The van der Waals surface area contributed by atoms with Crippen LogP contribution in [0.1, 0.15) is 50.2 Å². The van der Waals surface area contributed by atoms with Gasteiger partial charge in [-0.2, -0.15) is 23.4 Å². The van der Waals surface area contributed by atoms with E-state index in [0.29, 0.717) is 34.9 Å². The highest BCUT2D eigenvalue weighted by atomic mass is 19.4. The zero-order valence-electron chi connectivity index (χ0n) is 19.2. The maximum atomic E-state index is 13.0. The Labute approximate surface area is 194 Å². The van der Waals surface area contributed by atoms with Gasteiger partial charge >= 0.3 is 6.18 Å². The predicted octanol–water partition coefficient (Wildman–Crippen LogP) is 5.27. The Bertz CT molecular complexity index is 1350. The Morgan fingerprint density at radius 1 is 1.00 bits per heavy atom. The summed E-state index contributed by atoms with van der Waals surface area (Å²) in [6, 6.07) is 10.4. The smallest absolute Gasteiger partial charge is 0.416 e. The molecule has 0 radical (unpaired) electrons. The van der Waals surface area contributed by atoms with Crippen molar-refractivity contribution in [3.05, 3.63) is 87.9 Å². The van der Waals surface area contributed by atoms with Gasteiger partial charge in [0.2, 0.25) is 0 Å². The van der Waals surface area contributed by atoms with E-state index in [4.69, 9.17) is 4.42 Å². The third-order valence-electron chi connectivity index (χ3n) is 5.50. The van der Waals surface area contributed by atoms with Crippen molar-refractivity contribution < 1.29 is 22.4 Å².